The Morgan fingerprint density at radius 1 is 0.926 bits per heavy atom. The molecule has 0 bridgehead atoms. The molecule has 0 aliphatic rings. The van der Waals surface area contributed by atoms with Crippen molar-refractivity contribution in [2.24, 2.45) is 5.41 Å². The van der Waals surface area contributed by atoms with Crippen molar-refractivity contribution >= 4 is 54.6 Å². The summed E-state index contributed by atoms with van der Waals surface area (Å²) in [5.74, 6) is 0.924. The Morgan fingerprint density at radius 3 is 1.41 bits per heavy atom. The van der Waals surface area contributed by atoms with Gasteiger partial charge in [0.25, 0.3) is 0 Å². The molecular weight excluding hydrogens is 400 g/mol. The highest BCUT2D eigenvalue weighted by atomic mass is 32.2. The molecule has 0 rings (SSSR count). The van der Waals surface area contributed by atoms with Crippen molar-refractivity contribution in [1.82, 2.24) is 0 Å². The summed E-state index contributed by atoms with van der Waals surface area (Å²) in [6.45, 7) is 21.0. The quantitative estimate of drug-likeness (QED) is 0.460. The van der Waals surface area contributed by atoms with Crippen LogP contribution >= 0.6 is 37.0 Å². The fourth-order valence-electron chi connectivity index (χ4n) is 1.30. The minimum absolute atomic E-state index is 0.00502. The maximum absolute atomic E-state index is 10.7. The number of ketones is 2. The monoisotopic (exact) mass is 440 g/mol. The lowest BCUT2D eigenvalue weighted by Crippen LogP contribution is -2.27. The van der Waals surface area contributed by atoms with Crippen LogP contribution in [0.15, 0.2) is 0 Å². The van der Waals surface area contributed by atoms with Gasteiger partial charge in [0.1, 0.15) is 17.2 Å². The van der Waals surface area contributed by atoms with E-state index in [0.29, 0.717) is 5.75 Å². The number of thioether (sulfide) groups is 1. The zero-order valence-electron chi connectivity index (χ0n) is 18.9. The average molecular weight is 441 g/mol. The summed E-state index contributed by atoms with van der Waals surface area (Å²) in [5.41, 5.74) is -0.380. The molecule has 0 spiro atoms. The highest BCUT2D eigenvalue weighted by molar-refractivity contribution is 8.01. The van der Waals surface area contributed by atoms with Gasteiger partial charge in [0.05, 0.1) is 16.8 Å². The number of carbonyl (C=O) groups is 3. The first-order chi connectivity index (χ1) is 11.7. The van der Waals surface area contributed by atoms with E-state index in [1.165, 1.54) is 0 Å². The van der Waals surface area contributed by atoms with Gasteiger partial charge in [0.15, 0.2) is 0 Å². The molecule has 1 atom stereocenters. The van der Waals surface area contributed by atoms with Gasteiger partial charge in [-0.25, -0.2) is 0 Å². The molecular formula is C20H40O4S3. The van der Waals surface area contributed by atoms with Crippen molar-refractivity contribution in [1.29, 1.82) is 0 Å². The van der Waals surface area contributed by atoms with E-state index in [1.807, 2.05) is 41.5 Å². The van der Waals surface area contributed by atoms with Crippen LogP contribution in [-0.2, 0) is 19.1 Å². The average Bonchev–Trinajstić information content (AvgIpc) is 2.42. The van der Waals surface area contributed by atoms with Crippen LogP contribution in [0.4, 0.5) is 0 Å². The second-order valence-corrected chi connectivity index (χ2v) is 11.9. The lowest BCUT2D eigenvalue weighted by molar-refractivity contribution is -0.151. The van der Waals surface area contributed by atoms with Crippen molar-refractivity contribution in [3.63, 3.8) is 0 Å². The molecule has 7 heteroatoms. The Kier molecular flexibility index (Phi) is 16.3. The molecule has 0 fully saturated rings. The number of ether oxygens (including phenoxy) is 1. The highest BCUT2D eigenvalue weighted by Crippen LogP contribution is 2.24. The topological polar surface area (TPSA) is 60.4 Å². The van der Waals surface area contributed by atoms with Gasteiger partial charge >= 0.3 is 5.97 Å². The predicted octanol–water partition coefficient (Wildman–Crippen LogP) is 5.28. The van der Waals surface area contributed by atoms with Gasteiger partial charge in [-0.2, -0.15) is 25.3 Å². The first-order valence-electron chi connectivity index (χ1n) is 8.87. The van der Waals surface area contributed by atoms with Crippen molar-refractivity contribution in [3.05, 3.63) is 0 Å². The van der Waals surface area contributed by atoms with E-state index in [0.717, 1.165) is 0 Å². The lowest BCUT2D eigenvalue weighted by atomic mass is 9.90. The normalized spacial score (nSPS) is 12.6. The summed E-state index contributed by atoms with van der Waals surface area (Å²) in [6.07, 6.45) is 0. The van der Waals surface area contributed by atoms with Crippen LogP contribution in [0.5, 0.6) is 0 Å². The van der Waals surface area contributed by atoms with Crippen molar-refractivity contribution in [2.45, 2.75) is 91.8 Å². The molecule has 0 aromatic heterocycles. The largest absolute Gasteiger partial charge is 0.459 e. The van der Waals surface area contributed by atoms with Gasteiger partial charge in [0, 0.05) is 4.75 Å². The number of carbonyl (C=O) groups excluding carboxylic acids is 3. The zero-order chi connectivity index (χ0) is 22.6. The van der Waals surface area contributed by atoms with Gasteiger partial charge in [-0.3, -0.25) is 14.4 Å². The number of hydrogen-bond donors (Lipinski definition) is 2. The van der Waals surface area contributed by atoms with Crippen molar-refractivity contribution < 1.29 is 19.1 Å². The molecule has 27 heavy (non-hydrogen) atoms. The van der Waals surface area contributed by atoms with Crippen LogP contribution in [0.25, 0.3) is 0 Å². The van der Waals surface area contributed by atoms with Gasteiger partial charge in [-0.1, -0.05) is 41.5 Å². The lowest BCUT2D eigenvalue weighted by Gasteiger charge is -2.23. The molecule has 0 amide bonds. The number of esters is 1. The Hall–Kier alpha value is -0.140. The summed E-state index contributed by atoms with van der Waals surface area (Å²) in [5, 5.41) is -0.127. The van der Waals surface area contributed by atoms with E-state index < -0.39 is 0 Å². The fraction of sp³-hybridized carbons (Fsp3) is 0.850. The second kappa shape index (κ2) is 13.9. The molecule has 0 aromatic carbocycles. The SMILES string of the molecule is CC(=O)C(S)C(C)(C)C.CC(=O)CSC(C)(C)C.CC(C)(C)OC(=O)CS. The van der Waals surface area contributed by atoms with Crippen LogP contribution in [0, 0.1) is 5.41 Å². The third-order valence-electron chi connectivity index (χ3n) is 2.46. The van der Waals surface area contributed by atoms with Gasteiger partial charge < -0.3 is 4.74 Å². The molecule has 0 heterocycles. The van der Waals surface area contributed by atoms with E-state index in [-0.39, 0.29) is 44.3 Å². The Morgan fingerprint density at radius 2 is 1.33 bits per heavy atom. The second-order valence-electron chi connectivity index (χ2n) is 9.23. The molecule has 0 aromatic rings. The van der Waals surface area contributed by atoms with E-state index in [2.05, 4.69) is 46.0 Å². The van der Waals surface area contributed by atoms with Crippen LogP contribution in [0.1, 0.15) is 76.2 Å². The minimum Gasteiger partial charge on any atom is -0.459 e. The number of rotatable bonds is 4. The number of Topliss-reactive ketones (excluding diaryl/α,β-unsaturated/α-hetero) is 2. The molecule has 1 unspecified atom stereocenters. The first-order valence-corrected chi connectivity index (χ1v) is 11.0. The maximum Gasteiger partial charge on any atom is 0.316 e. The number of hydrogen-bond acceptors (Lipinski definition) is 7. The standard InChI is InChI=1S/2C7H14OS.C6H12O2S/c1-6(8)5-9-7(2,3)4;1-5(8)6(9)7(2,3)4;1-6(2,3)8-5(7)4-9/h5H2,1-4H3;6,9H,1-4H3;9H,4H2,1-3H3. The van der Waals surface area contributed by atoms with E-state index in [1.54, 1.807) is 25.6 Å². The third kappa shape index (κ3) is 28.2. The van der Waals surface area contributed by atoms with E-state index in [9.17, 15) is 14.4 Å². The summed E-state index contributed by atoms with van der Waals surface area (Å²) in [6, 6.07) is 0. The van der Waals surface area contributed by atoms with E-state index >= 15 is 0 Å². The Labute approximate surface area is 182 Å². The predicted molar refractivity (Wildman–Crippen MR) is 126 cm³/mol. The highest BCUT2D eigenvalue weighted by Gasteiger charge is 2.24. The molecule has 0 saturated heterocycles. The van der Waals surface area contributed by atoms with E-state index in [4.69, 9.17) is 4.74 Å². The Bertz CT molecular complexity index is 453. The zero-order valence-corrected chi connectivity index (χ0v) is 21.5. The van der Waals surface area contributed by atoms with Crippen LogP contribution in [-0.4, -0.2) is 44.6 Å². The van der Waals surface area contributed by atoms with Gasteiger partial charge in [-0.15, -0.1) is 11.8 Å². The maximum atomic E-state index is 10.7. The first kappa shape index (κ1) is 31.6. The molecule has 0 radical (unpaired) electrons. The summed E-state index contributed by atoms with van der Waals surface area (Å²) < 4.78 is 5.10. The van der Waals surface area contributed by atoms with Crippen molar-refractivity contribution in [3.8, 4) is 0 Å². The van der Waals surface area contributed by atoms with Gasteiger partial charge in [-0.05, 0) is 40.0 Å². The Balaban J connectivity index is -0.000000320. The molecule has 0 N–H and O–H groups in total. The van der Waals surface area contributed by atoms with Crippen molar-refractivity contribution in [2.75, 3.05) is 11.5 Å². The molecule has 0 aliphatic heterocycles. The molecule has 0 saturated carbocycles. The smallest absolute Gasteiger partial charge is 0.316 e. The van der Waals surface area contributed by atoms with Crippen LogP contribution in [0.2, 0.25) is 0 Å². The summed E-state index contributed by atoms with van der Waals surface area (Å²) in [7, 11) is 0. The summed E-state index contributed by atoms with van der Waals surface area (Å²) in [4.78, 5) is 31.7. The van der Waals surface area contributed by atoms with Crippen LogP contribution < -0.4 is 0 Å². The third-order valence-corrected chi connectivity index (χ3v) is 5.28. The molecule has 4 nitrogen and oxygen atoms in total. The summed E-state index contributed by atoms with van der Waals surface area (Å²) >= 11 is 9.60. The number of thiol groups is 2. The van der Waals surface area contributed by atoms with Crippen LogP contribution in [0.3, 0.4) is 0 Å². The van der Waals surface area contributed by atoms with Gasteiger partial charge in [0.2, 0.25) is 0 Å². The molecule has 162 valence electrons. The minimum atomic E-state index is -0.375. The molecule has 0 aliphatic carbocycles. The fourth-order valence-corrected chi connectivity index (χ4v) is 2.00.